The first-order valence-corrected chi connectivity index (χ1v) is 12.5. The molecule has 0 saturated heterocycles. The number of rotatable bonds is 8. The largest absolute Gasteiger partial charge is 0.329 e. The highest BCUT2D eigenvalue weighted by atomic mass is 32.2. The van der Waals surface area contributed by atoms with Crippen LogP contribution in [-0.4, -0.2) is 66.0 Å². The number of primary sulfonamides is 1. The maximum atomic E-state index is 13.1. The minimum Gasteiger partial charge on any atom is -0.329 e. The number of aromatic amines is 1. The number of imidazole rings is 1. The summed E-state index contributed by atoms with van der Waals surface area (Å²) in [6, 6.07) is 5.17. The normalized spacial score (nSPS) is 12.6. The van der Waals surface area contributed by atoms with Gasteiger partial charge in [-0.05, 0) is 34.5 Å². The molecular weight excluding hydrogens is 472 g/mol. The van der Waals surface area contributed by atoms with Gasteiger partial charge in [0, 0.05) is 37.7 Å². The topological polar surface area (TPSA) is 230 Å². The summed E-state index contributed by atoms with van der Waals surface area (Å²) in [6.45, 7) is -0.192. The molecular formula is C17H20N10O4S2. The standard InChI is InChI=1S/C17H20N10O4S2/c18-7-11(8-19)24-33(30,31)13-3-2-12(10-1-4-14-21-5-6-27(14)9-10)15(16(13)32(20,28)29)17-22-25-26-23-17/h1-6,9,11,24H,7-8,18-19H2,(H2,20,28,29)(H,22,23,25,26). The van der Waals surface area contributed by atoms with Gasteiger partial charge in [-0.1, -0.05) is 6.07 Å². The summed E-state index contributed by atoms with van der Waals surface area (Å²) in [5.41, 5.74) is 12.5. The summed E-state index contributed by atoms with van der Waals surface area (Å²) in [4.78, 5) is 2.89. The molecule has 33 heavy (non-hydrogen) atoms. The van der Waals surface area contributed by atoms with Crippen molar-refractivity contribution in [2.45, 2.75) is 15.8 Å². The molecule has 14 nitrogen and oxygen atoms in total. The van der Waals surface area contributed by atoms with Crippen LogP contribution in [0.5, 0.6) is 0 Å². The molecule has 3 heterocycles. The molecule has 16 heteroatoms. The fourth-order valence-electron chi connectivity index (χ4n) is 3.34. The monoisotopic (exact) mass is 492 g/mol. The SMILES string of the molecule is NCC(CN)NS(=O)(=O)c1ccc(-c2ccc3nccn3c2)c(-c2nn[nH]n2)c1S(N)(=O)=O. The third-order valence-corrected chi connectivity index (χ3v) is 7.54. The summed E-state index contributed by atoms with van der Waals surface area (Å²) in [5.74, 6) is -0.161. The van der Waals surface area contributed by atoms with E-state index < -0.39 is 35.9 Å². The van der Waals surface area contributed by atoms with Crippen LogP contribution in [0, 0.1) is 0 Å². The van der Waals surface area contributed by atoms with E-state index in [1.807, 2.05) is 0 Å². The lowest BCUT2D eigenvalue weighted by Gasteiger charge is -2.19. The van der Waals surface area contributed by atoms with Crippen LogP contribution in [-0.2, 0) is 20.0 Å². The molecule has 0 fully saturated rings. The Morgan fingerprint density at radius 3 is 2.48 bits per heavy atom. The average molecular weight is 493 g/mol. The second kappa shape index (κ2) is 8.58. The van der Waals surface area contributed by atoms with Crippen molar-refractivity contribution in [2.75, 3.05) is 13.1 Å². The molecule has 0 aliphatic carbocycles. The molecule has 0 unspecified atom stereocenters. The predicted molar refractivity (Wildman–Crippen MR) is 117 cm³/mol. The third kappa shape index (κ3) is 4.34. The number of sulfonamides is 2. The van der Waals surface area contributed by atoms with Gasteiger partial charge in [-0.15, -0.1) is 10.2 Å². The van der Waals surface area contributed by atoms with Crippen LogP contribution in [0.1, 0.15) is 0 Å². The smallest absolute Gasteiger partial charge is 0.242 e. The molecule has 0 radical (unpaired) electrons. The molecule has 4 aromatic rings. The molecule has 4 rings (SSSR count). The second-order valence-corrected chi connectivity index (χ2v) is 10.2. The van der Waals surface area contributed by atoms with Crippen LogP contribution in [0.4, 0.5) is 0 Å². The van der Waals surface area contributed by atoms with Gasteiger partial charge >= 0.3 is 0 Å². The van der Waals surface area contributed by atoms with Crippen LogP contribution < -0.4 is 21.3 Å². The van der Waals surface area contributed by atoms with E-state index in [9.17, 15) is 16.8 Å². The summed E-state index contributed by atoms with van der Waals surface area (Å²) in [5, 5.41) is 19.0. The number of fused-ring (bicyclic) bond motifs is 1. The lowest BCUT2D eigenvalue weighted by atomic mass is 10.0. The van der Waals surface area contributed by atoms with Crippen molar-refractivity contribution >= 4 is 25.7 Å². The molecule has 0 spiro atoms. The fraction of sp³-hybridized carbons (Fsp3) is 0.176. The molecule has 1 aromatic carbocycles. The molecule has 0 bridgehead atoms. The first-order valence-electron chi connectivity index (χ1n) is 9.45. The van der Waals surface area contributed by atoms with Gasteiger partial charge < -0.3 is 15.9 Å². The minimum absolute atomic E-state index is 0.0961. The molecule has 0 saturated carbocycles. The van der Waals surface area contributed by atoms with Crippen molar-refractivity contribution in [2.24, 2.45) is 16.6 Å². The van der Waals surface area contributed by atoms with Crippen molar-refractivity contribution in [3.63, 3.8) is 0 Å². The summed E-state index contributed by atoms with van der Waals surface area (Å²) in [6.07, 6.45) is 5.00. The van der Waals surface area contributed by atoms with Gasteiger partial charge in [0.05, 0.1) is 5.56 Å². The van der Waals surface area contributed by atoms with E-state index in [1.54, 1.807) is 35.1 Å². The van der Waals surface area contributed by atoms with Gasteiger partial charge in [0.15, 0.2) is 0 Å². The first-order chi connectivity index (χ1) is 15.7. The van der Waals surface area contributed by atoms with Crippen molar-refractivity contribution < 1.29 is 16.8 Å². The quantitative estimate of drug-likeness (QED) is 0.189. The van der Waals surface area contributed by atoms with E-state index in [1.165, 1.54) is 6.07 Å². The van der Waals surface area contributed by atoms with Gasteiger partial charge in [-0.25, -0.2) is 31.7 Å². The number of tetrazole rings is 1. The maximum Gasteiger partial charge on any atom is 0.242 e. The Morgan fingerprint density at radius 2 is 1.85 bits per heavy atom. The van der Waals surface area contributed by atoms with E-state index in [-0.39, 0.29) is 24.5 Å². The number of benzene rings is 1. The predicted octanol–water partition coefficient (Wildman–Crippen LogP) is -1.61. The molecule has 0 aliphatic rings. The number of pyridine rings is 1. The Hall–Kier alpha value is -3.28. The lowest BCUT2D eigenvalue weighted by molar-refractivity contribution is 0.548. The molecule has 0 atom stereocenters. The fourth-order valence-corrected chi connectivity index (χ4v) is 6.21. The molecule has 174 valence electrons. The van der Waals surface area contributed by atoms with Gasteiger partial charge in [0.2, 0.25) is 25.9 Å². The lowest BCUT2D eigenvalue weighted by Crippen LogP contribution is -2.45. The van der Waals surface area contributed by atoms with E-state index in [4.69, 9.17) is 16.6 Å². The van der Waals surface area contributed by atoms with Crippen molar-refractivity contribution in [1.82, 2.24) is 34.7 Å². The van der Waals surface area contributed by atoms with E-state index in [0.717, 1.165) is 6.07 Å². The number of nitrogens with zero attached hydrogens (tertiary/aromatic N) is 5. The Morgan fingerprint density at radius 1 is 1.09 bits per heavy atom. The zero-order valence-electron chi connectivity index (χ0n) is 17.0. The molecule has 0 aliphatic heterocycles. The van der Waals surface area contributed by atoms with Crippen LogP contribution in [0.15, 0.2) is 52.6 Å². The van der Waals surface area contributed by atoms with Crippen LogP contribution in [0.3, 0.4) is 0 Å². The number of nitrogens with two attached hydrogens (primary N) is 3. The van der Waals surface area contributed by atoms with Gasteiger partial charge in [0.1, 0.15) is 15.4 Å². The second-order valence-electron chi connectivity index (χ2n) is 7.00. The van der Waals surface area contributed by atoms with Crippen molar-refractivity contribution in [3.8, 4) is 22.5 Å². The van der Waals surface area contributed by atoms with Crippen LogP contribution in [0.2, 0.25) is 0 Å². The number of aromatic nitrogens is 6. The highest BCUT2D eigenvalue weighted by Crippen LogP contribution is 2.38. The van der Waals surface area contributed by atoms with E-state index in [2.05, 4.69) is 30.3 Å². The van der Waals surface area contributed by atoms with E-state index >= 15 is 0 Å². The van der Waals surface area contributed by atoms with Crippen LogP contribution in [0.25, 0.3) is 28.2 Å². The maximum absolute atomic E-state index is 13.1. The summed E-state index contributed by atoms with van der Waals surface area (Å²) < 4.78 is 55.7. The minimum atomic E-state index is -4.61. The van der Waals surface area contributed by atoms with Gasteiger partial charge in [-0.3, -0.25) is 0 Å². The zero-order valence-corrected chi connectivity index (χ0v) is 18.6. The average Bonchev–Trinajstić information content (AvgIpc) is 3.47. The third-order valence-electron chi connectivity index (χ3n) is 4.86. The zero-order chi connectivity index (χ0) is 23.8. The number of hydrogen-bond acceptors (Lipinski definition) is 10. The Balaban J connectivity index is 2.05. The Kier molecular flexibility index (Phi) is 5.95. The summed E-state index contributed by atoms with van der Waals surface area (Å²) >= 11 is 0. The highest BCUT2D eigenvalue weighted by Gasteiger charge is 2.33. The highest BCUT2D eigenvalue weighted by molar-refractivity contribution is 7.92. The van der Waals surface area contributed by atoms with Gasteiger partial charge in [0.25, 0.3) is 0 Å². The molecule has 3 aromatic heterocycles. The molecule has 8 N–H and O–H groups in total. The van der Waals surface area contributed by atoms with Crippen LogP contribution >= 0.6 is 0 Å². The Bertz CT molecular complexity index is 1510. The molecule has 0 amide bonds. The first kappa shape index (κ1) is 22.9. The van der Waals surface area contributed by atoms with Gasteiger partial charge in [-0.2, -0.15) is 5.21 Å². The van der Waals surface area contributed by atoms with Crippen molar-refractivity contribution in [1.29, 1.82) is 0 Å². The Labute approximate surface area is 188 Å². The summed E-state index contributed by atoms with van der Waals surface area (Å²) in [7, 11) is -9.01. The number of H-pyrrole nitrogens is 1. The number of nitrogens with one attached hydrogen (secondary N) is 2. The number of hydrogen-bond donors (Lipinski definition) is 5. The van der Waals surface area contributed by atoms with Crippen molar-refractivity contribution in [3.05, 3.63) is 42.9 Å². The van der Waals surface area contributed by atoms with E-state index in [0.29, 0.717) is 16.8 Å².